The van der Waals surface area contributed by atoms with Gasteiger partial charge in [-0.05, 0) is 19.3 Å². The first-order valence-electron chi connectivity index (χ1n) is 4.92. The van der Waals surface area contributed by atoms with Crippen LogP contribution in [0.25, 0.3) is 0 Å². The van der Waals surface area contributed by atoms with E-state index in [1.807, 2.05) is 20.8 Å². The summed E-state index contributed by atoms with van der Waals surface area (Å²) in [6.07, 6.45) is 3.25. The highest BCUT2D eigenvalue weighted by Crippen LogP contribution is 2.31. The molecule has 3 N–H and O–H groups in total. The predicted molar refractivity (Wildman–Crippen MR) is 53.2 cm³/mol. The number of hydrogen-bond acceptors (Lipinski definition) is 2. The number of nitrogens with two attached hydrogens (primary N) is 1. The molecule has 1 fully saturated rings. The van der Waals surface area contributed by atoms with Crippen LogP contribution in [-0.2, 0) is 4.79 Å². The summed E-state index contributed by atoms with van der Waals surface area (Å²) in [7, 11) is 0. The Morgan fingerprint density at radius 1 is 1.46 bits per heavy atom. The molecule has 76 valence electrons. The van der Waals surface area contributed by atoms with Gasteiger partial charge >= 0.3 is 0 Å². The standard InChI is InChI=1S/C10H20N2O/c1-9(2,3)8(13)12-10(7-11)5-4-6-10/h4-7,11H2,1-3H3,(H,12,13). The third-order valence-electron chi connectivity index (χ3n) is 2.76. The average Bonchev–Trinajstić information content (AvgIpc) is 1.94. The first-order chi connectivity index (χ1) is 5.90. The summed E-state index contributed by atoms with van der Waals surface area (Å²) in [6, 6.07) is 0. The smallest absolute Gasteiger partial charge is 0.225 e. The van der Waals surface area contributed by atoms with Crippen LogP contribution < -0.4 is 11.1 Å². The van der Waals surface area contributed by atoms with E-state index in [9.17, 15) is 4.79 Å². The van der Waals surface area contributed by atoms with Gasteiger partial charge in [0, 0.05) is 12.0 Å². The SMILES string of the molecule is CC(C)(C)C(=O)NC1(CN)CCC1. The van der Waals surface area contributed by atoms with E-state index in [0.717, 1.165) is 12.8 Å². The summed E-state index contributed by atoms with van der Waals surface area (Å²) in [4.78, 5) is 11.7. The van der Waals surface area contributed by atoms with Crippen molar-refractivity contribution in [2.24, 2.45) is 11.1 Å². The van der Waals surface area contributed by atoms with E-state index in [-0.39, 0.29) is 16.9 Å². The second kappa shape index (κ2) is 3.29. The lowest BCUT2D eigenvalue weighted by Gasteiger charge is -2.43. The molecule has 0 aromatic rings. The van der Waals surface area contributed by atoms with E-state index in [0.29, 0.717) is 6.54 Å². The van der Waals surface area contributed by atoms with Crippen molar-refractivity contribution in [1.29, 1.82) is 0 Å². The van der Waals surface area contributed by atoms with Crippen molar-refractivity contribution < 1.29 is 4.79 Å². The van der Waals surface area contributed by atoms with Crippen LogP contribution in [0.1, 0.15) is 40.0 Å². The zero-order valence-electron chi connectivity index (χ0n) is 8.81. The zero-order chi connectivity index (χ0) is 10.1. The van der Waals surface area contributed by atoms with Gasteiger partial charge in [0.05, 0.1) is 5.54 Å². The van der Waals surface area contributed by atoms with Gasteiger partial charge in [-0.3, -0.25) is 4.79 Å². The molecule has 1 amide bonds. The Kier molecular flexibility index (Phi) is 2.66. The third kappa shape index (κ3) is 2.21. The van der Waals surface area contributed by atoms with Crippen LogP contribution in [0.15, 0.2) is 0 Å². The molecule has 0 heterocycles. The van der Waals surface area contributed by atoms with Gasteiger partial charge in [0.25, 0.3) is 0 Å². The fourth-order valence-electron chi connectivity index (χ4n) is 1.41. The first kappa shape index (κ1) is 10.5. The Labute approximate surface area is 80.1 Å². The molecule has 1 aliphatic rings. The van der Waals surface area contributed by atoms with E-state index >= 15 is 0 Å². The molecule has 0 aromatic heterocycles. The summed E-state index contributed by atoms with van der Waals surface area (Å²) in [5.74, 6) is 0.109. The maximum Gasteiger partial charge on any atom is 0.225 e. The summed E-state index contributed by atoms with van der Waals surface area (Å²) >= 11 is 0. The molecule has 0 bridgehead atoms. The summed E-state index contributed by atoms with van der Waals surface area (Å²) in [5, 5.41) is 3.06. The monoisotopic (exact) mass is 184 g/mol. The number of rotatable bonds is 2. The molecule has 1 aliphatic carbocycles. The minimum atomic E-state index is -0.308. The van der Waals surface area contributed by atoms with Crippen molar-refractivity contribution in [2.45, 2.75) is 45.6 Å². The molecule has 0 saturated heterocycles. The third-order valence-corrected chi connectivity index (χ3v) is 2.76. The number of nitrogens with one attached hydrogen (secondary N) is 1. The molecule has 0 radical (unpaired) electrons. The van der Waals surface area contributed by atoms with Crippen LogP contribution in [0.5, 0.6) is 0 Å². The lowest BCUT2D eigenvalue weighted by molar-refractivity contribution is -0.131. The van der Waals surface area contributed by atoms with Crippen molar-refractivity contribution in [3.63, 3.8) is 0 Å². The van der Waals surface area contributed by atoms with E-state index in [1.54, 1.807) is 0 Å². The molecular weight excluding hydrogens is 164 g/mol. The van der Waals surface area contributed by atoms with Gasteiger partial charge in [0.2, 0.25) is 5.91 Å². The zero-order valence-corrected chi connectivity index (χ0v) is 8.81. The van der Waals surface area contributed by atoms with E-state index in [2.05, 4.69) is 5.32 Å². The highest BCUT2D eigenvalue weighted by atomic mass is 16.2. The van der Waals surface area contributed by atoms with Crippen LogP contribution >= 0.6 is 0 Å². The van der Waals surface area contributed by atoms with Crippen LogP contribution in [0.2, 0.25) is 0 Å². The summed E-state index contributed by atoms with van der Waals surface area (Å²) < 4.78 is 0. The predicted octanol–water partition coefficient (Wildman–Crippen LogP) is 1.03. The minimum absolute atomic E-state index is 0.0790. The molecule has 3 nitrogen and oxygen atoms in total. The van der Waals surface area contributed by atoms with Gasteiger partial charge in [-0.1, -0.05) is 20.8 Å². The maximum atomic E-state index is 11.7. The van der Waals surface area contributed by atoms with Crippen molar-refractivity contribution in [3.05, 3.63) is 0 Å². The number of hydrogen-bond donors (Lipinski definition) is 2. The Morgan fingerprint density at radius 2 is 2.00 bits per heavy atom. The van der Waals surface area contributed by atoms with Gasteiger partial charge in [-0.25, -0.2) is 0 Å². The number of amides is 1. The second-order valence-corrected chi connectivity index (χ2v) is 5.04. The molecule has 0 unspecified atom stereocenters. The molecule has 0 aromatic carbocycles. The lowest BCUT2D eigenvalue weighted by Crippen LogP contribution is -2.60. The second-order valence-electron chi connectivity index (χ2n) is 5.04. The molecular formula is C10H20N2O. The topological polar surface area (TPSA) is 55.1 Å². The van der Waals surface area contributed by atoms with E-state index in [4.69, 9.17) is 5.73 Å². The van der Waals surface area contributed by atoms with Crippen molar-refractivity contribution in [3.8, 4) is 0 Å². The van der Waals surface area contributed by atoms with Crippen molar-refractivity contribution >= 4 is 5.91 Å². The minimum Gasteiger partial charge on any atom is -0.349 e. The van der Waals surface area contributed by atoms with Crippen molar-refractivity contribution in [2.75, 3.05) is 6.54 Å². The Hall–Kier alpha value is -0.570. The number of carbonyl (C=O) groups is 1. The molecule has 0 aliphatic heterocycles. The van der Waals surface area contributed by atoms with E-state index in [1.165, 1.54) is 6.42 Å². The maximum absolute atomic E-state index is 11.7. The van der Waals surface area contributed by atoms with Gasteiger partial charge < -0.3 is 11.1 Å². The van der Waals surface area contributed by atoms with Gasteiger partial charge in [-0.15, -0.1) is 0 Å². The molecule has 0 atom stereocenters. The van der Waals surface area contributed by atoms with E-state index < -0.39 is 0 Å². The molecule has 13 heavy (non-hydrogen) atoms. The average molecular weight is 184 g/mol. The lowest BCUT2D eigenvalue weighted by atomic mass is 9.76. The molecule has 1 saturated carbocycles. The fraction of sp³-hybridized carbons (Fsp3) is 0.900. The highest BCUT2D eigenvalue weighted by Gasteiger charge is 2.39. The number of carbonyl (C=O) groups excluding carboxylic acids is 1. The molecule has 1 rings (SSSR count). The van der Waals surface area contributed by atoms with Gasteiger partial charge in [-0.2, -0.15) is 0 Å². The molecule has 3 heteroatoms. The first-order valence-corrected chi connectivity index (χ1v) is 4.92. The quantitative estimate of drug-likeness (QED) is 0.673. The summed E-state index contributed by atoms with van der Waals surface area (Å²) in [6.45, 7) is 6.33. The highest BCUT2D eigenvalue weighted by molar-refractivity contribution is 5.82. The Morgan fingerprint density at radius 3 is 2.23 bits per heavy atom. The Balaban J connectivity index is 2.52. The largest absolute Gasteiger partial charge is 0.349 e. The Bertz CT molecular complexity index is 196. The van der Waals surface area contributed by atoms with Crippen molar-refractivity contribution in [1.82, 2.24) is 5.32 Å². The fourth-order valence-corrected chi connectivity index (χ4v) is 1.41. The normalized spacial score (nSPS) is 20.6. The van der Waals surface area contributed by atoms with Crippen LogP contribution in [-0.4, -0.2) is 18.0 Å². The summed E-state index contributed by atoms with van der Waals surface area (Å²) in [5.41, 5.74) is 5.26. The van der Waals surface area contributed by atoms with Crippen LogP contribution in [0.4, 0.5) is 0 Å². The van der Waals surface area contributed by atoms with Crippen LogP contribution in [0.3, 0.4) is 0 Å². The van der Waals surface area contributed by atoms with Crippen LogP contribution in [0, 0.1) is 5.41 Å². The van der Waals surface area contributed by atoms with Gasteiger partial charge in [0.15, 0.2) is 0 Å². The van der Waals surface area contributed by atoms with Gasteiger partial charge in [0.1, 0.15) is 0 Å². The molecule has 0 spiro atoms.